The van der Waals surface area contributed by atoms with Crippen molar-refractivity contribution in [1.29, 1.82) is 0 Å². The van der Waals surface area contributed by atoms with Crippen LogP contribution in [0.4, 0.5) is 5.69 Å². The molecule has 0 fully saturated rings. The molecule has 2 aromatic rings. The van der Waals surface area contributed by atoms with Crippen LogP contribution in [0.15, 0.2) is 42.7 Å². The zero-order chi connectivity index (χ0) is 13.9. The van der Waals surface area contributed by atoms with Crippen molar-refractivity contribution < 1.29 is 14.3 Å². The van der Waals surface area contributed by atoms with Gasteiger partial charge in [-0.05, 0) is 18.2 Å². The standard InChI is InChI=1S/C15H14N2O3/c16-11-5-6-17-8-10(11)7-12(18)15-9-19-13-3-1-2-4-14(13)20-15/h1-6,8,15H,7,9H2,(H2,16,17). The molecular weight excluding hydrogens is 256 g/mol. The van der Waals surface area contributed by atoms with Gasteiger partial charge in [-0.1, -0.05) is 12.1 Å². The van der Waals surface area contributed by atoms with Crippen LogP contribution in [0.3, 0.4) is 0 Å². The van der Waals surface area contributed by atoms with Crippen LogP contribution in [0.5, 0.6) is 11.5 Å². The molecule has 0 spiro atoms. The van der Waals surface area contributed by atoms with E-state index in [4.69, 9.17) is 15.2 Å². The molecule has 0 bridgehead atoms. The molecule has 2 heterocycles. The van der Waals surface area contributed by atoms with E-state index in [2.05, 4.69) is 4.98 Å². The number of para-hydroxylation sites is 2. The molecule has 0 aliphatic carbocycles. The highest BCUT2D eigenvalue weighted by Gasteiger charge is 2.27. The Bertz CT molecular complexity index is 643. The minimum absolute atomic E-state index is 0.0702. The first-order valence-corrected chi connectivity index (χ1v) is 6.33. The van der Waals surface area contributed by atoms with Gasteiger partial charge in [-0.2, -0.15) is 0 Å². The zero-order valence-corrected chi connectivity index (χ0v) is 10.8. The predicted octanol–water partition coefficient (Wildman–Crippen LogP) is 1.62. The molecule has 2 N–H and O–H groups in total. The average Bonchev–Trinajstić information content (AvgIpc) is 2.49. The van der Waals surface area contributed by atoms with Gasteiger partial charge >= 0.3 is 0 Å². The summed E-state index contributed by atoms with van der Waals surface area (Å²) >= 11 is 0. The van der Waals surface area contributed by atoms with Gasteiger partial charge in [0.25, 0.3) is 0 Å². The average molecular weight is 270 g/mol. The first kappa shape index (κ1) is 12.5. The Balaban J connectivity index is 1.72. The van der Waals surface area contributed by atoms with Gasteiger partial charge < -0.3 is 15.2 Å². The normalized spacial score (nSPS) is 16.7. The van der Waals surface area contributed by atoms with Crippen molar-refractivity contribution in [2.45, 2.75) is 12.5 Å². The number of nitrogen functional groups attached to an aromatic ring is 1. The number of hydrogen-bond acceptors (Lipinski definition) is 5. The van der Waals surface area contributed by atoms with Gasteiger partial charge in [0.1, 0.15) is 6.61 Å². The van der Waals surface area contributed by atoms with E-state index in [0.29, 0.717) is 22.7 Å². The van der Waals surface area contributed by atoms with Crippen molar-refractivity contribution in [1.82, 2.24) is 4.98 Å². The van der Waals surface area contributed by atoms with Crippen molar-refractivity contribution in [2.24, 2.45) is 0 Å². The maximum atomic E-state index is 12.2. The van der Waals surface area contributed by atoms with Crippen LogP contribution in [0.1, 0.15) is 5.56 Å². The Morgan fingerprint density at radius 1 is 1.30 bits per heavy atom. The third-order valence-corrected chi connectivity index (χ3v) is 3.17. The van der Waals surface area contributed by atoms with Gasteiger partial charge in [-0.25, -0.2) is 0 Å². The summed E-state index contributed by atoms with van der Waals surface area (Å²) in [6.45, 7) is 0.218. The number of hydrogen-bond donors (Lipinski definition) is 1. The number of benzene rings is 1. The molecule has 5 heteroatoms. The molecule has 1 aromatic carbocycles. The minimum atomic E-state index is -0.607. The number of carbonyl (C=O) groups is 1. The number of carbonyl (C=O) groups excluding carboxylic acids is 1. The molecule has 102 valence electrons. The number of pyridine rings is 1. The summed E-state index contributed by atoms with van der Waals surface area (Å²) in [5.41, 5.74) is 7.08. The van der Waals surface area contributed by atoms with E-state index < -0.39 is 6.10 Å². The molecule has 1 atom stereocenters. The van der Waals surface area contributed by atoms with E-state index >= 15 is 0 Å². The first-order chi connectivity index (χ1) is 9.74. The second-order valence-electron chi connectivity index (χ2n) is 4.58. The van der Waals surface area contributed by atoms with Crippen LogP contribution in [-0.2, 0) is 11.2 Å². The summed E-state index contributed by atoms with van der Waals surface area (Å²) in [4.78, 5) is 16.2. The molecule has 5 nitrogen and oxygen atoms in total. The highest BCUT2D eigenvalue weighted by Crippen LogP contribution is 2.31. The predicted molar refractivity (Wildman–Crippen MR) is 73.7 cm³/mol. The third-order valence-electron chi connectivity index (χ3n) is 3.17. The lowest BCUT2D eigenvalue weighted by atomic mass is 10.1. The summed E-state index contributed by atoms with van der Waals surface area (Å²) in [5.74, 6) is 1.19. The summed E-state index contributed by atoms with van der Waals surface area (Å²) < 4.78 is 11.2. The number of nitrogens with two attached hydrogens (primary N) is 1. The first-order valence-electron chi connectivity index (χ1n) is 6.33. The summed E-state index contributed by atoms with van der Waals surface area (Å²) in [6.07, 6.45) is 2.78. The van der Waals surface area contributed by atoms with E-state index in [9.17, 15) is 4.79 Å². The maximum Gasteiger partial charge on any atom is 0.191 e. The van der Waals surface area contributed by atoms with E-state index in [0.717, 1.165) is 0 Å². The van der Waals surface area contributed by atoms with Crippen molar-refractivity contribution in [3.63, 3.8) is 0 Å². The zero-order valence-electron chi connectivity index (χ0n) is 10.8. The van der Waals surface area contributed by atoms with Gasteiger partial charge in [0.05, 0.1) is 0 Å². The van der Waals surface area contributed by atoms with E-state index in [1.165, 1.54) is 0 Å². The van der Waals surface area contributed by atoms with Gasteiger partial charge in [-0.3, -0.25) is 9.78 Å². The van der Waals surface area contributed by atoms with Gasteiger partial charge in [0, 0.05) is 30.1 Å². The number of nitrogens with zero attached hydrogens (tertiary/aromatic N) is 1. The molecule has 1 unspecified atom stereocenters. The summed E-state index contributed by atoms with van der Waals surface area (Å²) in [5, 5.41) is 0. The van der Waals surface area contributed by atoms with Crippen LogP contribution in [0.25, 0.3) is 0 Å². The highest BCUT2D eigenvalue weighted by molar-refractivity contribution is 5.87. The molecule has 3 rings (SSSR count). The number of Topliss-reactive ketones (excluding diaryl/α,β-unsaturated/α-hetero) is 1. The minimum Gasteiger partial charge on any atom is -0.485 e. The quantitative estimate of drug-likeness (QED) is 0.917. The Morgan fingerprint density at radius 3 is 2.90 bits per heavy atom. The smallest absolute Gasteiger partial charge is 0.191 e. The fourth-order valence-corrected chi connectivity index (χ4v) is 2.07. The Labute approximate surface area is 116 Å². The molecule has 0 saturated heterocycles. The van der Waals surface area contributed by atoms with Gasteiger partial charge in [0.15, 0.2) is 23.4 Å². The number of ketones is 1. The van der Waals surface area contributed by atoms with Crippen molar-refractivity contribution in [3.8, 4) is 11.5 Å². The fourth-order valence-electron chi connectivity index (χ4n) is 2.07. The Morgan fingerprint density at radius 2 is 2.10 bits per heavy atom. The Kier molecular flexibility index (Phi) is 3.25. The van der Waals surface area contributed by atoms with E-state index in [1.54, 1.807) is 24.5 Å². The Hall–Kier alpha value is -2.56. The van der Waals surface area contributed by atoms with Crippen LogP contribution >= 0.6 is 0 Å². The van der Waals surface area contributed by atoms with Crippen LogP contribution in [-0.4, -0.2) is 23.5 Å². The van der Waals surface area contributed by atoms with Crippen molar-refractivity contribution in [2.75, 3.05) is 12.3 Å². The molecular formula is C15H14N2O3. The number of fused-ring (bicyclic) bond motifs is 1. The SMILES string of the molecule is Nc1ccncc1CC(=O)C1COc2ccccc2O1. The topological polar surface area (TPSA) is 74.4 Å². The van der Waals surface area contributed by atoms with E-state index in [-0.39, 0.29) is 18.8 Å². The lowest BCUT2D eigenvalue weighted by Gasteiger charge is -2.25. The molecule has 1 aliphatic heterocycles. The van der Waals surface area contributed by atoms with Crippen LogP contribution in [0, 0.1) is 0 Å². The van der Waals surface area contributed by atoms with Crippen molar-refractivity contribution >= 4 is 11.5 Å². The van der Waals surface area contributed by atoms with Gasteiger partial charge in [0.2, 0.25) is 0 Å². The summed E-state index contributed by atoms with van der Waals surface area (Å²) in [6, 6.07) is 8.98. The lowest BCUT2D eigenvalue weighted by Crippen LogP contribution is -2.37. The second kappa shape index (κ2) is 5.21. The third kappa shape index (κ3) is 2.42. The van der Waals surface area contributed by atoms with Crippen LogP contribution < -0.4 is 15.2 Å². The molecule has 0 radical (unpaired) electrons. The van der Waals surface area contributed by atoms with Crippen LogP contribution in [0.2, 0.25) is 0 Å². The highest BCUT2D eigenvalue weighted by atomic mass is 16.6. The fraction of sp³-hybridized carbons (Fsp3) is 0.200. The largest absolute Gasteiger partial charge is 0.485 e. The molecule has 1 aromatic heterocycles. The number of ether oxygens (including phenoxy) is 2. The van der Waals surface area contributed by atoms with Gasteiger partial charge in [-0.15, -0.1) is 0 Å². The number of aromatic nitrogens is 1. The number of anilines is 1. The lowest BCUT2D eigenvalue weighted by molar-refractivity contribution is -0.127. The molecule has 0 saturated carbocycles. The molecule has 1 aliphatic rings. The summed E-state index contributed by atoms with van der Waals surface area (Å²) in [7, 11) is 0. The number of rotatable bonds is 3. The molecule has 0 amide bonds. The second-order valence-corrected chi connectivity index (χ2v) is 4.58. The monoisotopic (exact) mass is 270 g/mol. The maximum absolute atomic E-state index is 12.2. The molecule has 20 heavy (non-hydrogen) atoms. The van der Waals surface area contributed by atoms with E-state index in [1.807, 2.05) is 18.2 Å². The van der Waals surface area contributed by atoms with Crippen molar-refractivity contribution in [3.05, 3.63) is 48.3 Å².